The number of pyridine rings is 1. The molecular formula is C25H23F2N5O4. The molecule has 1 aromatic carbocycles. The van der Waals surface area contributed by atoms with Gasteiger partial charge in [-0.25, -0.2) is 19.7 Å². The second-order valence-electron chi connectivity index (χ2n) is 8.37. The third-order valence-corrected chi connectivity index (χ3v) is 6.06. The molecule has 1 fully saturated rings. The number of ether oxygens (including phenoxy) is 2. The SMILES string of the molecule is Cc1nc2ccc(-c3cnc(N4CCO[C@@H](C(=O)O)C4)nc3)cn2c1Cc1ccccc1OC(F)F. The fraction of sp³-hybridized carbons (Fsp3) is 0.280. The summed E-state index contributed by atoms with van der Waals surface area (Å²) < 4.78 is 37.6. The summed E-state index contributed by atoms with van der Waals surface area (Å²) in [6.07, 6.45) is 4.72. The monoisotopic (exact) mass is 495 g/mol. The van der Waals surface area contributed by atoms with Crippen molar-refractivity contribution in [2.75, 3.05) is 24.6 Å². The molecule has 186 valence electrons. The van der Waals surface area contributed by atoms with Crippen molar-refractivity contribution in [3.05, 3.63) is 71.9 Å². The maximum Gasteiger partial charge on any atom is 0.387 e. The van der Waals surface area contributed by atoms with Crippen molar-refractivity contribution in [1.29, 1.82) is 0 Å². The first kappa shape index (κ1) is 23.6. The number of nitrogens with zero attached hydrogens (tertiary/aromatic N) is 5. The lowest BCUT2D eigenvalue weighted by Crippen LogP contribution is -2.46. The van der Waals surface area contributed by atoms with Gasteiger partial charge >= 0.3 is 12.6 Å². The molecule has 4 heterocycles. The fourth-order valence-electron chi connectivity index (χ4n) is 4.25. The van der Waals surface area contributed by atoms with Crippen LogP contribution in [-0.4, -0.2) is 62.8 Å². The zero-order chi connectivity index (χ0) is 25.2. The highest BCUT2D eigenvalue weighted by Gasteiger charge is 2.27. The van der Waals surface area contributed by atoms with Crippen LogP contribution in [0.2, 0.25) is 0 Å². The molecular weight excluding hydrogens is 472 g/mol. The van der Waals surface area contributed by atoms with Crippen LogP contribution in [0.4, 0.5) is 14.7 Å². The zero-order valence-electron chi connectivity index (χ0n) is 19.3. The number of hydrogen-bond acceptors (Lipinski definition) is 7. The average molecular weight is 495 g/mol. The summed E-state index contributed by atoms with van der Waals surface area (Å²) in [5.41, 5.74) is 4.60. The standard InChI is InChI=1S/C25H23F2N5O4/c1-15-19(10-16-4-2-3-5-20(16)36-24(26)27)32-13-17(6-7-22(32)30-15)18-11-28-25(29-12-18)31-8-9-35-21(14-31)23(33)34/h2-7,11-13,21,24H,8-10,14H2,1H3,(H,33,34)/t21-/m1/s1. The number of carboxylic acids is 1. The van der Waals surface area contributed by atoms with Crippen LogP contribution in [0.5, 0.6) is 5.75 Å². The number of fused-ring (bicyclic) bond motifs is 1. The fourth-order valence-corrected chi connectivity index (χ4v) is 4.25. The Kier molecular flexibility index (Phi) is 6.47. The van der Waals surface area contributed by atoms with E-state index in [4.69, 9.17) is 9.47 Å². The van der Waals surface area contributed by atoms with Crippen LogP contribution >= 0.6 is 0 Å². The number of aliphatic carboxylic acids is 1. The number of rotatable bonds is 7. The lowest BCUT2D eigenvalue weighted by molar-refractivity contribution is -0.150. The molecule has 1 saturated heterocycles. The van der Waals surface area contributed by atoms with Crippen LogP contribution in [-0.2, 0) is 16.0 Å². The summed E-state index contributed by atoms with van der Waals surface area (Å²) in [6, 6.07) is 10.5. The van der Waals surface area contributed by atoms with Crippen LogP contribution in [0.3, 0.4) is 0 Å². The number of aryl methyl sites for hydroxylation is 1. The predicted octanol–water partition coefficient (Wildman–Crippen LogP) is 3.58. The Morgan fingerprint density at radius 3 is 2.72 bits per heavy atom. The number of alkyl halides is 2. The Hall–Kier alpha value is -4.12. The van der Waals surface area contributed by atoms with Crippen LogP contribution in [0.15, 0.2) is 55.0 Å². The minimum atomic E-state index is -2.91. The van der Waals surface area contributed by atoms with E-state index < -0.39 is 18.7 Å². The molecule has 0 radical (unpaired) electrons. The van der Waals surface area contributed by atoms with Crippen molar-refractivity contribution in [3.8, 4) is 16.9 Å². The Morgan fingerprint density at radius 1 is 1.19 bits per heavy atom. The normalized spacial score (nSPS) is 16.0. The van der Waals surface area contributed by atoms with Crippen LogP contribution in [0.1, 0.15) is 17.0 Å². The van der Waals surface area contributed by atoms with Crippen molar-refractivity contribution in [2.45, 2.75) is 26.1 Å². The largest absolute Gasteiger partial charge is 0.479 e. The third kappa shape index (κ3) is 4.82. The average Bonchev–Trinajstić information content (AvgIpc) is 3.19. The van der Waals surface area contributed by atoms with E-state index in [1.807, 2.05) is 29.7 Å². The van der Waals surface area contributed by atoms with Gasteiger partial charge in [-0.15, -0.1) is 0 Å². The highest BCUT2D eigenvalue weighted by molar-refractivity contribution is 5.73. The van der Waals surface area contributed by atoms with Crippen LogP contribution in [0, 0.1) is 6.92 Å². The molecule has 0 saturated carbocycles. The molecule has 0 unspecified atom stereocenters. The summed E-state index contributed by atoms with van der Waals surface area (Å²) in [5.74, 6) is -0.445. The van der Waals surface area contributed by atoms with Gasteiger partial charge in [0, 0.05) is 53.9 Å². The van der Waals surface area contributed by atoms with Crippen molar-refractivity contribution in [1.82, 2.24) is 19.4 Å². The van der Waals surface area contributed by atoms with E-state index in [1.165, 1.54) is 6.07 Å². The Morgan fingerprint density at radius 2 is 1.97 bits per heavy atom. The van der Waals surface area contributed by atoms with Crippen molar-refractivity contribution < 1.29 is 28.2 Å². The van der Waals surface area contributed by atoms with E-state index in [0.29, 0.717) is 24.5 Å². The molecule has 0 aliphatic carbocycles. The number of benzene rings is 1. The van der Waals surface area contributed by atoms with E-state index in [0.717, 1.165) is 28.2 Å². The summed E-state index contributed by atoms with van der Waals surface area (Å²) in [4.78, 5) is 26.5. The number of hydrogen-bond donors (Lipinski definition) is 1. The van der Waals surface area contributed by atoms with Crippen molar-refractivity contribution >= 4 is 17.6 Å². The minimum absolute atomic E-state index is 0.134. The van der Waals surface area contributed by atoms with Gasteiger partial charge in [-0.2, -0.15) is 8.78 Å². The summed E-state index contributed by atoms with van der Waals surface area (Å²) in [6.45, 7) is -0.0640. The Bertz CT molecular complexity index is 1390. The van der Waals surface area contributed by atoms with Gasteiger partial charge in [-0.3, -0.25) is 0 Å². The van der Waals surface area contributed by atoms with Crippen molar-refractivity contribution in [2.24, 2.45) is 0 Å². The van der Waals surface area contributed by atoms with Crippen LogP contribution in [0.25, 0.3) is 16.8 Å². The first-order valence-electron chi connectivity index (χ1n) is 11.3. The first-order chi connectivity index (χ1) is 17.4. The van der Waals surface area contributed by atoms with Gasteiger partial charge in [0.25, 0.3) is 0 Å². The summed E-state index contributed by atoms with van der Waals surface area (Å²) in [5, 5.41) is 9.21. The molecule has 0 spiro atoms. The number of carboxylic acid groups (broad SMARTS) is 1. The second-order valence-corrected chi connectivity index (χ2v) is 8.37. The topological polar surface area (TPSA) is 102 Å². The molecule has 1 atom stereocenters. The molecule has 1 aliphatic rings. The highest BCUT2D eigenvalue weighted by Crippen LogP contribution is 2.27. The molecule has 9 nitrogen and oxygen atoms in total. The minimum Gasteiger partial charge on any atom is -0.479 e. The maximum atomic E-state index is 12.9. The summed E-state index contributed by atoms with van der Waals surface area (Å²) in [7, 11) is 0. The van der Waals surface area contributed by atoms with Crippen molar-refractivity contribution in [3.63, 3.8) is 0 Å². The molecule has 1 N–H and O–H groups in total. The number of imidazole rings is 1. The number of morpholine rings is 1. The zero-order valence-corrected chi connectivity index (χ0v) is 19.3. The number of carbonyl (C=O) groups is 1. The highest BCUT2D eigenvalue weighted by atomic mass is 19.3. The molecule has 5 rings (SSSR count). The smallest absolute Gasteiger partial charge is 0.387 e. The lowest BCUT2D eigenvalue weighted by Gasteiger charge is -2.30. The number of para-hydroxylation sites is 1. The van der Waals surface area contributed by atoms with Gasteiger partial charge < -0.3 is 23.9 Å². The molecule has 4 aromatic rings. The molecule has 3 aromatic heterocycles. The van der Waals surface area contributed by atoms with E-state index in [9.17, 15) is 18.7 Å². The molecule has 11 heteroatoms. The van der Waals surface area contributed by atoms with E-state index in [1.54, 1.807) is 35.5 Å². The lowest BCUT2D eigenvalue weighted by atomic mass is 10.1. The van der Waals surface area contributed by atoms with Gasteiger partial charge in [0.05, 0.1) is 18.8 Å². The number of halogens is 2. The Balaban J connectivity index is 1.42. The van der Waals surface area contributed by atoms with Gasteiger partial charge in [0.1, 0.15) is 11.4 Å². The molecule has 0 bridgehead atoms. The number of aromatic nitrogens is 4. The van der Waals surface area contributed by atoms with E-state index in [2.05, 4.69) is 15.0 Å². The van der Waals surface area contributed by atoms with Gasteiger partial charge in [0.2, 0.25) is 5.95 Å². The van der Waals surface area contributed by atoms with Gasteiger partial charge in [-0.1, -0.05) is 18.2 Å². The third-order valence-electron chi connectivity index (χ3n) is 6.06. The second kappa shape index (κ2) is 9.86. The molecule has 1 aliphatic heterocycles. The Labute approximate surface area is 205 Å². The summed E-state index contributed by atoms with van der Waals surface area (Å²) >= 11 is 0. The maximum absolute atomic E-state index is 12.9. The first-order valence-corrected chi connectivity index (χ1v) is 11.3. The quantitative estimate of drug-likeness (QED) is 0.415. The molecule has 36 heavy (non-hydrogen) atoms. The van der Waals surface area contributed by atoms with E-state index in [-0.39, 0.29) is 18.9 Å². The van der Waals surface area contributed by atoms with Gasteiger partial charge in [-0.05, 0) is 25.1 Å². The predicted molar refractivity (Wildman–Crippen MR) is 126 cm³/mol. The molecule has 0 amide bonds. The van der Waals surface area contributed by atoms with E-state index >= 15 is 0 Å². The number of anilines is 1. The van der Waals surface area contributed by atoms with Gasteiger partial charge in [0.15, 0.2) is 6.10 Å². The van der Waals surface area contributed by atoms with Crippen LogP contribution < -0.4 is 9.64 Å².